The van der Waals surface area contributed by atoms with Gasteiger partial charge in [-0.15, -0.1) is 0 Å². The maximum Gasteiger partial charge on any atom is 0.336 e. The summed E-state index contributed by atoms with van der Waals surface area (Å²) in [5.41, 5.74) is 3.01. The fourth-order valence-corrected chi connectivity index (χ4v) is 6.90. The van der Waals surface area contributed by atoms with E-state index in [1.54, 1.807) is 24.3 Å². The molecule has 1 amide bonds. The highest BCUT2D eigenvalue weighted by Crippen LogP contribution is 2.45. The lowest BCUT2D eigenvalue weighted by molar-refractivity contribution is -0.120. The zero-order chi connectivity index (χ0) is 33.2. The molecular weight excluding hydrogens is 602 g/mol. The van der Waals surface area contributed by atoms with E-state index in [1.165, 1.54) is 6.07 Å². The summed E-state index contributed by atoms with van der Waals surface area (Å²) in [7, 11) is 0. The molecule has 0 aliphatic heterocycles. The molecular formula is C41H31NO6. The van der Waals surface area contributed by atoms with Crippen molar-refractivity contribution in [1.82, 2.24) is 5.32 Å². The number of fused-ring (bicyclic) bond motifs is 2. The molecule has 0 bridgehead atoms. The molecule has 7 heteroatoms. The number of carboxylic acid groups (broad SMARTS) is 1. The number of ketones is 1. The molecule has 0 unspecified atom stereocenters. The summed E-state index contributed by atoms with van der Waals surface area (Å²) in [6, 6.07) is 33.7. The zero-order valence-corrected chi connectivity index (χ0v) is 26.0. The van der Waals surface area contributed by atoms with E-state index >= 15 is 0 Å². The molecule has 0 saturated carbocycles. The van der Waals surface area contributed by atoms with Crippen molar-refractivity contribution < 1.29 is 29.0 Å². The Hall–Kier alpha value is -6.08. The van der Waals surface area contributed by atoms with Gasteiger partial charge in [-0.3, -0.25) is 14.4 Å². The number of carbonyl (C=O) groups excluding carboxylic acids is 3. The van der Waals surface area contributed by atoms with Crippen LogP contribution in [0.25, 0.3) is 43.1 Å². The topological polar surface area (TPSA) is 110 Å². The van der Waals surface area contributed by atoms with Crippen LogP contribution in [0.1, 0.15) is 55.0 Å². The summed E-state index contributed by atoms with van der Waals surface area (Å²) >= 11 is 0. The van der Waals surface area contributed by atoms with Gasteiger partial charge >= 0.3 is 5.97 Å². The second-order valence-corrected chi connectivity index (χ2v) is 11.9. The lowest BCUT2D eigenvalue weighted by Gasteiger charge is -2.20. The van der Waals surface area contributed by atoms with Crippen molar-refractivity contribution in [1.29, 1.82) is 0 Å². The van der Waals surface area contributed by atoms with Crippen molar-refractivity contribution in [2.24, 2.45) is 0 Å². The number of aromatic carboxylic acids is 1. The lowest BCUT2D eigenvalue weighted by atomic mass is 9.84. The Balaban J connectivity index is 1.36. The summed E-state index contributed by atoms with van der Waals surface area (Å²) in [6.07, 6.45) is 2.29. The van der Waals surface area contributed by atoms with E-state index in [1.807, 2.05) is 78.9 Å². The smallest absolute Gasteiger partial charge is 0.336 e. The van der Waals surface area contributed by atoms with Gasteiger partial charge in [-0.1, -0.05) is 84.9 Å². The Kier molecular flexibility index (Phi) is 8.26. The average molecular weight is 634 g/mol. The molecule has 2 N–H and O–H groups in total. The molecule has 0 saturated heterocycles. The molecule has 0 aliphatic carbocycles. The molecule has 0 aromatic heterocycles. The largest absolute Gasteiger partial charge is 0.478 e. The van der Waals surface area contributed by atoms with Gasteiger partial charge in [0.2, 0.25) is 0 Å². The molecule has 0 radical (unpaired) electrons. The first kappa shape index (κ1) is 30.6. The molecule has 7 aromatic carbocycles. The SMILES string of the molecule is O=COc1ccc2c3ccc(C(=O)CCCc4ccccc4)c4c(C(=O)O)ccc(c5ccc(C(=O)NCCc6ccccc6)c1c52)c43. The van der Waals surface area contributed by atoms with Gasteiger partial charge in [-0.25, -0.2) is 4.79 Å². The third-order valence-corrected chi connectivity index (χ3v) is 9.07. The lowest BCUT2D eigenvalue weighted by Crippen LogP contribution is -2.26. The Morgan fingerprint density at radius 2 is 1.15 bits per heavy atom. The van der Waals surface area contributed by atoms with E-state index in [9.17, 15) is 24.3 Å². The van der Waals surface area contributed by atoms with E-state index < -0.39 is 5.97 Å². The number of rotatable bonds is 12. The van der Waals surface area contributed by atoms with Crippen LogP contribution in [-0.2, 0) is 17.6 Å². The second-order valence-electron chi connectivity index (χ2n) is 11.9. The van der Waals surface area contributed by atoms with Crippen LogP contribution in [0.2, 0.25) is 0 Å². The molecule has 7 aromatic rings. The van der Waals surface area contributed by atoms with Gasteiger partial charge in [-0.2, -0.15) is 0 Å². The van der Waals surface area contributed by atoms with Crippen molar-refractivity contribution in [3.05, 3.63) is 137 Å². The van der Waals surface area contributed by atoms with Gasteiger partial charge in [0.1, 0.15) is 5.75 Å². The molecule has 7 nitrogen and oxygen atoms in total. The van der Waals surface area contributed by atoms with Gasteiger partial charge in [0.15, 0.2) is 5.78 Å². The van der Waals surface area contributed by atoms with Crippen LogP contribution in [0.5, 0.6) is 5.75 Å². The van der Waals surface area contributed by atoms with E-state index in [0.29, 0.717) is 58.5 Å². The Labute approximate surface area is 276 Å². The van der Waals surface area contributed by atoms with Crippen LogP contribution in [0.3, 0.4) is 0 Å². The summed E-state index contributed by atoms with van der Waals surface area (Å²) < 4.78 is 5.41. The highest BCUT2D eigenvalue weighted by atomic mass is 16.5. The summed E-state index contributed by atoms with van der Waals surface area (Å²) in [5.74, 6) is -1.31. The number of aryl methyl sites for hydroxylation is 1. The number of benzene rings is 7. The van der Waals surface area contributed by atoms with Crippen molar-refractivity contribution in [2.45, 2.75) is 25.7 Å². The summed E-state index contributed by atoms with van der Waals surface area (Å²) in [4.78, 5) is 51.5. The number of carbonyl (C=O) groups is 4. The van der Waals surface area contributed by atoms with Crippen LogP contribution >= 0.6 is 0 Å². The third kappa shape index (κ3) is 5.49. The third-order valence-electron chi connectivity index (χ3n) is 9.07. The molecule has 236 valence electrons. The minimum Gasteiger partial charge on any atom is -0.478 e. The fourth-order valence-electron chi connectivity index (χ4n) is 6.90. The first-order chi connectivity index (χ1) is 23.5. The van der Waals surface area contributed by atoms with Gasteiger partial charge in [-0.05, 0) is 81.6 Å². The zero-order valence-electron chi connectivity index (χ0n) is 26.0. The molecule has 7 rings (SSSR count). The quantitative estimate of drug-likeness (QED) is 0.0608. The van der Waals surface area contributed by atoms with E-state index in [2.05, 4.69) is 5.32 Å². The number of nitrogens with one attached hydrogen (secondary N) is 1. The van der Waals surface area contributed by atoms with Crippen LogP contribution in [-0.4, -0.2) is 35.8 Å². The molecule has 0 heterocycles. The standard InChI is InChI=1S/C41H31NO6/c43-24-48-35-21-20-30-27-14-17-31(34(44)13-7-12-25-8-3-1-4-9-25)38-33(41(46)47)19-16-28(36(27)38)29-15-18-32(39(35)37(29)30)40(45)42-23-22-26-10-5-2-6-11-26/h1-6,8-11,14-21,24H,7,12-13,22-23H2,(H,42,45)(H,46,47). The van der Waals surface area contributed by atoms with Crippen LogP contribution in [0.15, 0.2) is 109 Å². The van der Waals surface area contributed by atoms with Crippen molar-refractivity contribution in [3.63, 3.8) is 0 Å². The highest BCUT2D eigenvalue weighted by Gasteiger charge is 2.25. The van der Waals surface area contributed by atoms with E-state index in [-0.39, 0.29) is 29.4 Å². The van der Waals surface area contributed by atoms with Crippen molar-refractivity contribution >= 4 is 67.2 Å². The summed E-state index contributed by atoms with van der Waals surface area (Å²) in [6.45, 7) is 0.755. The minimum atomic E-state index is -1.12. The first-order valence-corrected chi connectivity index (χ1v) is 15.9. The normalized spacial score (nSPS) is 11.3. The minimum absolute atomic E-state index is 0.0528. The Morgan fingerprint density at radius 3 is 1.75 bits per heavy atom. The van der Waals surface area contributed by atoms with Crippen LogP contribution in [0.4, 0.5) is 0 Å². The van der Waals surface area contributed by atoms with Gasteiger partial charge in [0.25, 0.3) is 12.4 Å². The molecule has 48 heavy (non-hydrogen) atoms. The number of carboxylic acids is 1. The van der Waals surface area contributed by atoms with E-state index in [0.717, 1.165) is 39.1 Å². The Bertz CT molecular complexity index is 2330. The number of hydrogen-bond donors (Lipinski definition) is 2. The fraction of sp³-hybridized carbons (Fsp3) is 0.122. The predicted octanol–water partition coefficient (Wildman–Crippen LogP) is 8.15. The second kappa shape index (κ2) is 13.0. The monoisotopic (exact) mass is 633 g/mol. The van der Waals surface area contributed by atoms with E-state index in [4.69, 9.17) is 4.74 Å². The van der Waals surface area contributed by atoms with Crippen LogP contribution in [0, 0.1) is 0 Å². The van der Waals surface area contributed by atoms with Gasteiger partial charge < -0.3 is 15.2 Å². The molecule has 0 atom stereocenters. The molecule has 0 spiro atoms. The maximum absolute atomic E-state index is 13.7. The Morgan fingerprint density at radius 1 is 0.604 bits per heavy atom. The van der Waals surface area contributed by atoms with Crippen molar-refractivity contribution in [3.8, 4) is 5.75 Å². The van der Waals surface area contributed by atoms with Gasteiger partial charge in [0.05, 0.1) is 11.1 Å². The summed E-state index contributed by atoms with van der Waals surface area (Å²) in [5, 5.41) is 18.5. The average Bonchev–Trinajstić information content (AvgIpc) is 3.11. The number of amides is 1. The first-order valence-electron chi connectivity index (χ1n) is 15.9. The molecule has 0 aliphatic rings. The number of Topliss-reactive ketones (excluding diaryl/α,β-unsaturated/α-hetero) is 1. The van der Waals surface area contributed by atoms with Gasteiger partial charge in [0, 0.05) is 34.7 Å². The number of ether oxygens (including phenoxy) is 1. The van der Waals surface area contributed by atoms with Crippen molar-refractivity contribution in [2.75, 3.05) is 6.54 Å². The maximum atomic E-state index is 13.7. The van der Waals surface area contributed by atoms with Crippen LogP contribution < -0.4 is 10.1 Å². The predicted molar refractivity (Wildman–Crippen MR) is 187 cm³/mol. The molecule has 0 fully saturated rings. The number of hydrogen-bond acceptors (Lipinski definition) is 5. The highest BCUT2D eigenvalue weighted by molar-refractivity contribution is 6.37.